The predicted octanol–water partition coefficient (Wildman–Crippen LogP) is 2.74. The van der Waals surface area contributed by atoms with Gasteiger partial charge in [-0.25, -0.2) is 9.07 Å². The minimum atomic E-state index is -0.373. The molecule has 122 valence electrons. The molecule has 0 aliphatic rings. The van der Waals surface area contributed by atoms with E-state index in [0.717, 1.165) is 5.56 Å². The van der Waals surface area contributed by atoms with Gasteiger partial charge >= 0.3 is 0 Å². The van der Waals surface area contributed by atoms with Crippen LogP contribution in [0.15, 0.2) is 47.3 Å². The van der Waals surface area contributed by atoms with Crippen molar-refractivity contribution in [2.24, 2.45) is 7.05 Å². The summed E-state index contributed by atoms with van der Waals surface area (Å²) in [5.41, 5.74) is 1.52. The molecule has 0 aliphatic heterocycles. The van der Waals surface area contributed by atoms with Crippen LogP contribution in [0.5, 0.6) is 0 Å². The van der Waals surface area contributed by atoms with Gasteiger partial charge in [0.05, 0.1) is 17.5 Å². The van der Waals surface area contributed by atoms with E-state index in [1.807, 2.05) is 0 Å². The number of fused-ring (bicyclic) bond motifs is 1. The van der Waals surface area contributed by atoms with Gasteiger partial charge in [-0.05, 0) is 30.2 Å². The summed E-state index contributed by atoms with van der Waals surface area (Å²) >= 11 is 0. The highest BCUT2D eigenvalue weighted by molar-refractivity contribution is 5.90. The third kappa shape index (κ3) is 3.11. The number of benzene rings is 2. The standard InChI is InChI=1S/C19H17FN2O2/c1-12-7-8-13(17(20)9-12)10-14(23)11-18-15-5-3-4-6-16(15)19(24)22(2)21-18/h3-9H,10-11H2,1-2H3. The van der Waals surface area contributed by atoms with E-state index in [9.17, 15) is 14.0 Å². The van der Waals surface area contributed by atoms with E-state index in [-0.39, 0.29) is 30.0 Å². The Kier molecular flexibility index (Phi) is 4.25. The lowest BCUT2D eigenvalue weighted by Gasteiger charge is -2.08. The minimum absolute atomic E-state index is 0.00492. The first-order valence-electron chi connectivity index (χ1n) is 7.67. The summed E-state index contributed by atoms with van der Waals surface area (Å²) in [4.78, 5) is 24.5. The molecule has 3 rings (SSSR count). The maximum Gasteiger partial charge on any atom is 0.274 e. The average Bonchev–Trinajstić information content (AvgIpc) is 2.55. The first-order chi connectivity index (χ1) is 11.5. The van der Waals surface area contributed by atoms with Gasteiger partial charge in [0, 0.05) is 18.9 Å². The molecule has 1 aromatic heterocycles. The molecule has 0 amide bonds. The average molecular weight is 324 g/mol. The van der Waals surface area contributed by atoms with E-state index in [1.54, 1.807) is 50.4 Å². The number of hydrogen-bond acceptors (Lipinski definition) is 3. The monoisotopic (exact) mass is 324 g/mol. The van der Waals surface area contributed by atoms with E-state index >= 15 is 0 Å². The molecule has 5 heteroatoms. The molecule has 24 heavy (non-hydrogen) atoms. The van der Waals surface area contributed by atoms with Gasteiger partial charge in [0.2, 0.25) is 0 Å². The molecule has 1 heterocycles. The van der Waals surface area contributed by atoms with Crippen LogP contribution in [0.4, 0.5) is 4.39 Å². The maximum absolute atomic E-state index is 13.9. The summed E-state index contributed by atoms with van der Waals surface area (Å²) in [6.07, 6.45) is 0.0624. The Labute approximate surface area is 138 Å². The Bertz CT molecular complexity index is 992. The molecular formula is C19H17FN2O2. The third-order valence-corrected chi connectivity index (χ3v) is 3.99. The van der Waals surface area contributed by atoms with Gasteiger partial charge < -0.3 is 0 Å². The summed E-state index contributed by atoms with van der Waals surface area (Å²) in [6, 6.07) is 11.9. The van der Waals surface area contributed by atoms with Crippen molar-refractivity contribution in [2.45, 2.75) is 19.8 Å². The second-order valence-corrected chi connectivity index (χ2v) is 5.91. The van der Waals surface area contributed by atoms with E-state index in [2.05, 4.69) is 5.10 Å². The third-order valence-electron chi connectivity index (χ3n) is 3.99. The number of hydrogen-bond donors (Lipinski definition) is 0. The zero-order chi connectivity index (χ0) is 17.3. The summed E-state index contributed by atoms with van der Waals surface area (Å²) < 4.78 is 15.1. The molecule has 3 aromatic rings. The smallest absolute Gasteiger partial charge is 0.274 e. The molecule has 0 fully saturated rings. The number of rotatable bonds is 4. The molecule has 0 spiro atoms. The van der Waals surface area contributed by atoms with Crippen molar-refractivity contribution in [3.8, 4) is 0 Å². The van der Waals surface area contributed by atoms with Crippen molar-refractivity contribution in [3.05, 3.63) is 75.5 Å². The van der Waals surface area contributed by atoms with Crippen LogP contribution in [0.1, 0.15) is 16.8 Å². The van der Waals surface area contributed by atoms with Crippen LogP contribution in [-0.4, -0.2) is 15.6 Å². The largest absolute Gasteiger partial charge is 0.299 e. The Morgan fingerprint density at radius 1 is 1.12 bits per heavy atom. The molecule has 0 radical (unpaired) electrons. The summed E-state index contributed by atoms with van der Waals surface area (Å²) in [6.45, 7) is 1.80. The zero-order valence-corrected chi connectivity index (χ0v) is 13.5. The number of carbonyl (C=O) groups excluding carboxylic acids is 1. The van der Waals surface area contributed by atoms with Gasteiger partial charge in [0.15, 0.2) is 0 Å². The number of ketones is 1. The lowest BCUT2D eigenvalue weighted by atomic mass is 10.0. The van der Waals surface area contributed by atoms with E-state index in [0.29, 0.717) is 22.0 Å². The van der Waals surface area contributed by atoms with Gasteiger partial charge in [0.1, 0.15) is 11.6 Å². The Hall–Kier alpha value is -2.82. The van der Waals surface area contributed by atoms with Crippen LogP contribution in [-0.2, 0) is 24.7 Å². The molecule has 0 aliphatic carbocycles. The summed E-state index contributed by atoms with van der Waals surface area (Å²) in [5.74, 6) is -0.518. The van der Waals surface area contributed by atoms with Crippen molar-refractivity contribution >= 4 is 16.6 Å². The van der Waals surface area contributed by atoms with Gasteiger partial charge in [-0.2, -0.15) is 5.10 Å². The fourth-order valence-corrected chi connectivity index (χ4v) is 2.76. The molecule has 0 unspecified atom stereocenters. The molecule has 0 atom stereocenters. The molecule has 0 saturated carbocycles. The Balaban J connectivity index is 1.91. The normalized spacial score (nSPS) is 11.0. The zero-order valence-electron chi connectivity index (χ0n) is 13.5. The lowest BCUT2D eigenvalue weighted by Crippen LogP contribution is -2.22. The Morgan fingerprint density at radius 3 is 2.54 bits per heavy atom. The first-order valence-corrected chi connectivity index (χ1v) is 7.67. The number of carbonyl (C=O) groups is 1. The fraction of sp³-hybridized carbons (Fsp3) is 0.211. The van der Waals surface area contributed by atoms with Crippen molar-refractivity contribution in [2.75, 3.05) is 0 Å². The fourth-order valence-electron chi connectivity index (χ4n) is 2.76. The van der Waals surface area contributed by atoms with Crippen molar-refractivity contribution in [1.82, 2.24) is 9.78 Å². The molecular weight excluding hydrogens is 307 g/mol. The van der Waals surface area contributed by atoms with Crippen LogP contribution in [0.3, 0.4) is 0 Å². The van der Waals surface area contributed by atoms with Crippen LogP contribution in [0.25, 0.3) is 10.8 Å². The quantitative estimate of drug-likeness (QED) is 0.741. The van der Waals surface area contributed by atoms with Crippen LogP contribution in [0.2, 0.25) is 0 Å². The molecule has 0 bridgehead atoms. The van der Waals surface area contributed by atoms with Crippen LogP contribution < -0.4 is 5.56 Å². The number of aromatic nitrogens is 2. The van der Waals surface area contributed by atoms with E-state index in [1.165, 1.54) is 10.7 Å². The van der Waals surface area contributed by atoms with Crippen molar-refractivity contribution < 1.29 is 9.18 Å². The van der Waals surface area contributed by atoms with Gasteiger partial charge in [-0.15, -0.1) is 0 Å². The van der Waals surface area contributed by atoms with Crippen LogP contribution >= 0.6 is 0 Å². The number of halogens is 1. The van der Waals surface area contributed by atoms with E-state index in [4.69, 9.17) is 0 Å². The topological polar surface area (TPSA) is 52.0 Å². The molecule has 0 N–H and O–H groups in total. The number of aryl methyl sites for hydroxylation is 2. The van der Waals surface area contributed by atoms with Crippen LogP contribution in [0, 0.1) is 12.7 Å². The van der Waals surface area contributed by atoms with E-state index < -0.39 is 0 Å². The van der Waals surface area contributed by atoms with Gasteiger partial charge in [0.25, 0.3) is 5.56 Å². The van der Waals surface area contributed by atoms with Crippen molar-refractivity contribution in [1.29, 1.82) is 0 Å². The van der Waals surface area contributed by atoms with Gasteiger partial charge in [-0.3, -0.25) is 9.59 Å². The first kappa shape index (κ1) is 16.1. The summed E-state index contributed by atoms with van der Waals surface area (Å²) in [7, 11) is 1.56. The van der Waals surface area contributed by atoms with Gasteiger partial charge in [-0.1, -0.05) is 30.3 Å². The minimum Gasteiger partial charge on any atom is -0.299 e. The highest BCUT2D eigenvalue weighted by Crippen LogP contribution is 2.16. The highest BCUT2D eigenvalue weighted by atomic mass is 19.1. The molecule has 2 aromatic carbocycles. The predicted molar refractivity (Wildman–Crippen MR) is 90.5 cm³/mol. The Morgan fingerprint density at radius 2 is 1.83 bits per heavy atom. The SMILES string of the molecule is Cc1ccc(CC(=O)Cc2nn(C)c(=O)c3ccccc23)c(F)c1. The summed E-state index contributed by atoms with van der Waals surface area (Å²) in [5, 5.41) is 5.40. The van der Waals surface area contributed by atoms with Crippen molar-refractivity contribution in [3.63, 3.8) is 0 Å². The lowest BCUT2D eigenvalue weighted by molar-refractivity contribution is -0.117. The second kappa shape index (κ2) is 6.35. The molecule has 4 nitrogen and oxygen atoms in total. The number of nitrogens with zero attached hydrogens (tertiary/aromatic N) is 2. The number of Topliss-reactive ketones (excluding diaryl/α,β-unsaturated/α-hetero) is 1. The highest BCUT2D eigenvalue weighted by Gasteiger charge is 2.14. The second-order valence-electron chi connectivity index (χ2n) is 5.91. The maximum atomic E-state index is 13.9. The molecule has 0 saturated heterocycles.